The third-order valence-electron chi connectivity index (χ3n) is 4.67. The molecular weight excluding hydrogens is 450 g/mol. The minimum absolute atomic E-state index is 0.161. The van der Waals surface area contributed by atoms with Crippen LogP contribution in [0.1, 0.15) is 43.6 Å². The van der Waals surface area contributed by atoms with E-state index >= 15 is 0 Å². The lowest BCUT2D eigenvalue weighted by atomic mass is 9.84. The number of hydrogen-bond acceptors (Lipinski definition) is 5. The van der Waals surface area contributed by atoms with Gasteiger partial charge in [0.25, 0.3) is 0 Å². The third kappa shape index (κ3) is 4.21. The molecule has 166 valence electrons. The highest BCUT2D eigenvalue weighted by molar-refractivity contribution is 7.92. The van der Waals surface area contributed by atoms with Crippen molar-refractivity contribution in [2.24, 2.45) is 0 Å². The zero-order chi connectivity index (χ0) is 22.3. The largest absolute Gasteiger partial charge is 0.450 e. The Kier molecular flexibility index (Phi) is 6.26. The van der Waals surface area contributed by atoms with Crippen molar-refractivity contribution in [1.29, 1.82) is 0 Å². The highest BCUT2D eigenvalue weighted by atomic mass is 32.2. The molecule has 2 rings (SSSR count). The van der Waals surface area contributed by atoms with E-state index in [-0.39, 0.29) is 5.92 Å². The third-order valence-corrected chi connectivity index (χ3v) is 7.16. The Bertz CT molecular complexity index is 937. The van der Waals surface area contributed by atoms with E-state index in [1.54, 1.807) is 0 Å². The quantitative estimate of drug-likeness (QED) is 0.440. The van der Waals surface area contributed by atoms with Gasteiger partial charge in [-0.05, 0) is 36.5 Å². The number of halogens is 6. The molecule has 5 nitrogen and oxygen atoms in total. The van der Waals surface area contributed by atoms with Crippen LogP contribution >= 0.6 is 0 Å². The maximum absolute atomic E-state index is 13.9. The van der Waals surface area contributed by atoms with Crippen molar-refractivity contribution in [3.63, 3.8) is 0 Å². The molecule has 0 N–H and O–H groups in total. The minimum atomic E-state index is -6.78. The predicted molar refractivity (Wildman–Crippen MR) is 91.5 cm³/mol. The fraction of sp³-hybridized carbons (Fsp3) is 0.625. The van der Waals surface area contributed by atoms with Crippen LogP contribution in [0.4, 0.5) is 26.3 Å². The van der Waals surface area contributed by atoms with E-state index < -0.39 is 48.4 Å². The molecule has 0 radical (unpaired) electrons. The molecule has 0 unspecified atom stereocenters. The maximum Gasteiger partial charge on any atom is 0.450 e. The molecule has 1 aliphatic rings. The van der Waals surface area contributed by atoms with E-state index in [1.165, 1.54) is 12.1 Å². The average molecular weight is 468 g/mol. The van der Waals surface area contributed by atoms with E-state index in [0.29, 0.717) is 0 Å². The molecule has 1 aliphatic carbocycles. The van der Waals surface area contributed by atoms with Crippen molar-refractivity contribution in [1.82, 2.24) is 0 Å². The van der Waals surface area contributed by atoms with E-state index in [9.17, 15) is 43.2 Å². The molecule has 29 heavy (non-hydrogen) atoms. The Balaban J connectivity index is 2.29. The molecule has 1 aromatic carbocycles. The Morgan fingerprint density at radius 1 is 0.828 bits per heavy atom. The smallest absolute Gasteiger partial charge is 0.378 e. The monoisotopic (exact) mass is 468 g/mol. The van der Waals surface area contributed by atoms with Gasteiger partial charge in [0, 0.05) is 6.26 Å². The lowest BCUT2D eigenvalue weighted by molar-refractivity contribution is -0.245. The van der Waals surface area contributed by atoms with E-state index in [0.717, 1.165) is 49.8 Å². The molecular formula is C16H18F6O5S2. The van der Waals surface area contributed by atoms with E-state index in [2.05, 4.69) is 4.18 Å². The molecule has 0 aliphatic heterocycles. The lowest BCUT2D eigenvalue weighted by Crippen LogP contribution is -2.61. The SMILES string of the molecule is CS(=O)(=O)C(F)(F)C(F)(F)C(F)(F)S(=O)(=O)Oc1ccc(C2CCCCC2)cc1. The van der Waals surface area contributed by atoms with Crippen LogP contribution in [-0.2, 0) is 20.0 Å². The number of rotatable bonds is 7. The van der Waals surface area contributed by atoms with Crippen LogP contribution in [0.2, 0.25) is 0 Å². The summed E-state index contributed by atoms with van der Waals surface area (Å²) in [6.45, 7) is 0. The van der Waals surface area contributed by atoms with Crippen molar-refractivity contribution >= 4 is 20.0 Å². The second-order valence-corrected chi connectivity index (χ2v) is 10.5. The fourth-order valence-electron chi connectivity index (χ4n) is 2.97. The Labute approximate surface area is 164 Å². The molecule has 0 aromatic heterocycles. The molecule has 0 atom stereocenters. The Hall–Kier alpha value is -1.50. The number of sulfone groups is 1. The van der Waals surface area contributed by atoms with Gasteiger partial charge in [-0.1, -0.05) is 31.4 Å². The van der Waals surface area contributed by atoms with Gasteiger partial charge in [-0.15, -0.1) is 0 Å². The van der Waals surface area contributed by atoms with Gasteiger partial charge in [-0.2, -0.15) is 34.8 Å². The van der Waals surface area contributed by atoms with E-state index in [1.807, 2.05) is 0 Å². The summed E-state index contributed by atoms with van der Waals surface area (Å²) in [7, 11) is -12.8. The van der Waals surface area contributed by atoms with Crippen molar-refractivity contribution in [3.8, 4) is 5.75 Å². The topological polar surface area (TPSA) is 77.5 Å². The predicted octanol–water partition coefficient (Wildman–Crippen LogP) is 4.31. The van der Waals surface area contributed by atoms with Gasteiger partial charge in [0.15, 0.2) is 0 Å². The lowest BCUT2D eigenvalue weighted by Gasteiger charge is -2.30. The average Bonchev–Trinajstić information content (AvgIpc) is 2.61. The summed E-state index contributed by atoms with van der Waals surface area (Å²) in [5.74, 6) is -7.43. The summed E-state index contributed by atoms with van der Waals surface area (Å²) in [6.07, 6.45) is 4.33. The van der Waals surface area contributed by atoms with Gasteiger partial charge >= 0.3 is 26.5 Å². The first-order valence-corrected chi connectivity index (χ1v) is 11.7. The zero-order valence-electron chi connectivity index (χ0n) is 15.0. The zero-order valence-corrected chi connectivity index (χ0v) is 16.7. The van der Waals surface area contributed by atoms with Crippen LogP contribution in [0.15, 0.2) is 24.3 Å². The van der Waals surface area contributed by atoms with E-state index in [4.69, 9.17) is 0 Å². The second kappa shape index (κ2) is 7.64. The summed E-state index contributed by atoms with van der Waals surface area (Å²) >= 11 is 0. The summed E-state index contributed by atoms with van der Waals surface area (Å²) in [6, 6.07) is 4.60. The summed E-state index contributed by atoms with van der Waals surface area (Å²) < 4.78 is 131. The number of alkyl halides is 6. The minimum Gasteiger partial charge on any atom is -0.378 e. The van der Waals surface area contributed by atoms with Crippen LogP contribution in [0, 0.1) is 0 Å². The summed E-state index contributed by atoms with van der Waals surface area (Å²) in [5, 5.41) is -12.9. The first-order valence-electron chi connectivity index (χ1n) is 8.41. The molecule has 1 aromatic rings. The van der Waals surface area contributed by atoms with Crippen molar-refractivity contribution in [3.05, 3.63) is 29.8 Å². The van der Waals surface area contributed by atoms with Gasteiger partial charge in [0.05, 0.1) is 0 Å². The first-order chi connectivity index (χ1) is 13.0. The molecule has 0 bridgehead atoms. The highest BCUT2D eigenvalue weighted by Crippen LogP contribution is 2.51. The molecule has 0 saturated heterocycles. The molecule has 1 saturated carbocycles. The van der Waals surface area contributed by atoms with Crippen LogP contribution in [0.5, 0.6) is 5.75 Å². The van der Waals surface area contributed by atoms with Crippen LogP contribution < -0.4 is 4.18 Å². The van der Waals surface area contributed by atoms with Crippen molar-refractivity contribution in [2.45, 2.75) is 54.5 Å². The fourth-order valence-corrected chi connectivity index (χ4v) is 4.54. The van der Waals surface area contributed by atoms with Gasteiger partial charge in [0.1, 0.15) is 5.75 Å². The molecule has 1 fully saturated rings. The first kappa shape index (κ1) is 23.8. The van der Waals surface area contributed by atoms with Crippen LogP contribution in [0.25, 0.3) is 0 Å². The summed E-state index contributed by atoms with van der Waals surface area (Å²) in [4.78, 5) is 0. The van der Waals surface area contributed by atoms with Gasteiger partial charge in [-0.25, -0.2) is 8.42 Å². The molecule has 13 heteroatoms. The van der Waals surface area contributed by atoms with Crippen LogP contribution in [0.3, 0.4) is 0 Å². The molecule has 0 heterocycles. The maximum atomic E-state index is 13.9. The van der Waals surface area contributed by atoms with Crippen molar-refractivity contribution in [2.75, 3.05) is 6.26 Å². The standard InChI is InChI=1S/C16H18F6O5S2/c1-28(23,24)15(19,20)14(17,18)16(21,22)29(25,26)27-13-9-7-12(8-10-13)11-5-3-2-4-6-11/h7-11H,2-6H2,1H3. The number of hydrogen-bond donors (Lipinski definition) is 0. The molecule has 0 amide bonds. The highest BCUT2D eigenvalue weighted by Gasteiger charge is 2.82. The number of benzene rings is 1. The Morgan fingerprint density at radius 2 is 1.31 bits per heavy atom. The summed E-state index contributed by atoms with van der Waals surface area (Å²) in [5.41, 5.74) is 0.759. The Morgan fingerprint density at radius 3 is 1.76 bits per heavy atom. The second-order valence-electron chi connectivity index (χ2n) is 6.82. The van der Waals surface area contributed by atoms with Gasteiger partial charge < -0.3 is 4.18 Å². The van der Waals surface area contributed by atoms with Crippen LogP contribution in [-0.4, -0.2) is 39.5 Å². The van der Waals surface area contributed by atoms with Gasteiger partial charge in [-0.3, -0.25) is 0 Å². The van der Waals surface area contributed by atoms with Gasteiger partial charge in [0.2, 0.25) is 9.84 Å². The normalized spacial score (nSPS) is 17.9. The molecule has 0 spiro atoms. The van der Waals surface area contributed by atoms with Crippen molar-refractivity contribution < 1.29 is 47.4 Å².